The second kappa shape index (κ2) is 5.27. The molecule has 0 saturated heterocycles. The van der Waals surface area contributed by atoms with E-state index in [-0.39, 0.29) is 0 Å². The number of nitrogens with two attached hydrogens (primary N) is 1. The fourth-order valence-electron chi connectivity index (χ4n) is 1.78. The average Bonchev–Trinajstić information content (AvgIpc) is 2.80. The molecule has 0 aliphatic carbocycles. The summed E-state index contributed by atoms with van der Waals surface area (Å²) < 4.78 is 1.17. The zero-order chi connectivity index (χ0) is 12.4. The number of anilines is 2. The molecule has 90 valence electrons. The smallest absolute Gasteiger partial charge is 0.0604 e. The van der Waals surface area contributed by atoms with E-state index in [2.05, 4.69) is 71.1 Å². The van der Waals surface area contributed by atoms with Gasteiger partial charge in [-0.05, 0) is 59.2 Å². The third-order valence-corrected chi connectivity index (χ3v) is 4.62. The van der Waals surface area contributed by atoms with Gasteiger partial charge in [-0.2, -0.15) is 0 Å². The Kier molecular flexibility index (Phi) is 3.93. The van der Waals surface area contributed by atoms with Crippen LogP contribution in [0.4, 0.5) is 11.4 Å². The predicted molar refractivity (Wildman–Crippen MR) is 84.7 cm³/mol. The molecule has 1 unspecified atom stereocenters. The molecule has 0 saturated carbocycles. The second-order valence-electron chi connectivity index (χ2n) is 4.01. The highest BCUT2D eigenvalue weighted by Gasteiger charge is 2.15. The minimum Gasteiger partial charge on any atom is -0.397 e. The molecule has 0 aliphatic rings. The number of rotatable bonds is 3. The summed E-state index contributed by atoms with van der Waals surface area (Å²) in [5, 5.41) is 2.11. The Balaban J connectivity index is 2.28. The molecule has 0 fully saturated rings. The Morgan fingerprint density at radius 1 is 1.35 bits per heavy atom. The molecule has 1 heterocycles. The third-order valence-electron chi connectivity index (χ3n) is 2.91. The normalized spacial score (nSPS) is 12.4. The zero-order valence-electron chi connectivity index (χ0n) is 9.85. The van der Waals surface area contributed by atoms with Crippen molar-refractivity contribution in [2.24, 2.45) is 0 Å². The van der Waals surface area contributed by atoms with Gasteiger partial charge in [-0.25, -0.2) is 0 Å². The van der Waals surface area contributed by atoms with Crippen molar-refractivity contribution in [2.75, 3.05) is 17.7 Å². The van der Waals surface area contributed by atoms with Crippen LogP contribution in [-0.4, -0.2) is 7.05 Å². The summed E-state index contributed by atoms with van der Waals surface area (Å²) in [7, 11) is 2.09. The third kappa shape index (κ3) is 2.74. The van der Waals surface area contributed by atoms with Gasteiger partial charge in [0, 0.05) is 15.5 Å². The zero-order valence-corrected chi connectivity index (χ0v) is 12.8. The highest BCUT2D eigenvalue weighted by molar-refractivity contribution is 14.1. The predicted octanol–water partition coefficient (Wildman–Crippen LogP) is 4.13. The molecule has 2 aromatic rings. The molecule has 0 radical (unpaired) electrons. The van der Waals surface area contributed by atoms with Crippen LogP contribution in [0.2, 0.25) is 0 Å². The van der Waals surface area contributed by atoms with Crippen LogP contribution < -0.4 is 10.6 Å². The lowest BCUT2D eigenvalue weighted by Crippen LogP contribution is -2.21. The van der Waals surface area contributed by atoms with Crippen LogP contribution in [0.3, 0.4) is 0 Å². The molecule has 1 aromatic heterocycles. The molecular weight excluding hydrogens is 343 g/mol. The monoisotopic (exact) mass is 358 g/mol. The first-order valence-corrected chi connectivity index (χ1v) is 7.36. The van der Waals surface area contributed by atoms with E-state index in [1.165, 1.54) is 8.45 Å². The van der Waals surface area contributed by atoms with Crippen LogP contribution >= 0.6 is 33.9 Å². The van der Waals surface area contributed by atoms with E-state index in [9.17, 15) is 0 Å². The van der Waals surface area contributed by atoms with Crippen LogP contribution in [0, 0.1) is 3.57 Å². The van der Waals surface area contributed by atoms with Crippen molar-refractivity contribution < 1.29 is 0 Å². The molecule has 2 nitrogen and oxygen atoms in total. The first-order chi connectivity index (χ1) is 8.09. The van der Waals surface area contributed by atoms with Gasteiger partial charge in [-0.15, -0.1) is 11.3 Å². The van der Waals surface area contributed by atoms with Crippen molar-refractivity contribution in [3.05, 3.63) is 44.2 Å². The number of thiophene rings is 1. The maximum absolute atomic E-state index is 6.07. The van der Waals surface area contributed by atoms with Gasteiger partial charge >= 0.3 is 0 Å². The lowest BCUT2D eigenvalue weighted by atomic mass is 10.2. The highest BCUT2D eigenvalue weighted by Crippen LogP contribution is 2.32. The molecule has 0 spiro atoms. The van der Waals surface area contributed by atoms with Crippen LogP contribution in [-0.2, 0) is 0 Å². The molecule has 1 aromatic carbocycles. The average molecular weight is 358 g/mol. The summed E-state index contributed by atoms with van der Waals surface area (Å²) in [5.41, 5.74) is 8.00. The molecule has 0 bridgehead atoms. The van der Waals surface area contributed by atoms with E-state index >= 15 is 0 Å². The summed E-state index contributed by atoms with van der Waals surface area (Å²) in [6.45, 7) is 2.20. The lowest BCUT2D eigenvalue weighted by molar-refractivity contribution is 0.755. The Morgan fingerprint density at radius 3 is 2.71 bits per heavy atom. The van der Waals surface area contributed by atoms with Crippen LogP contribution in [0.1, 0.15) is 17.8 Å². The molecule has 1 atom stereocenters. The maximum atomic E-state index is 6.07. The van der Waals surface area contributed by atoms with Crippen molar-refractivity contribution in [3.8, 4) is 0 Å². The van der Waals surface area contributed by atoms with Crippen molar-refractivity contribution >= 4 is 45.3 Å². The number of nitrogen functional groups attached to an aromatic ring is 1. The van der Waals surface area contributed by atoms with E-state index in [4.69, 9.17) is 5.73 Å². The molecule has 17 heavy (non-hydrogen) atoms. The molecule has 4 heteroatoms. The molecule has 2 rings (SSSR count). The van der Waals surface area contributed by atoms with Gasteiger partial charge in [0.05, 0.1) is 17.4 Å². The fraction of sp³-hybridized carbons (Fsp3) is 0.231. The van der Waals surface area contributed by atoms with Crippen molar-refractivity contribution in [2.45, 2.75) is 13.0 Å². The Morgan fingerprint density at radius 2 is 2.12 bits per heavy atom. The van der Waals surface area contributed by atoms with E-state index in [0.29, 0.717) is 6.04 Å². The number of hydrogen-bond donors (Lipinski definition) is 1. The summed E-state index contributed by atoms with van der Waals surface area (Å²) in [5.74, 6) is 0. The van der Waals surface area contributed by atoms with E-state index in [0.717, 1.165) is 11.4 Å². The lowest BCUT2D eigenvalue weighted by Gasteiger charge is -2.27. The van der Waals surface area contributed by atoms with Gasteiger partial charge in [0.25, 0.3) is 0 Å². The second-order valence-corrected chi connectivity index (χ2v) is 6.23. The van der Waals surface area contributed by atoms with Crippen molar-refractivity contribution in [1.82, 2.24) is 0 Å². The highest BCUT2D eigenvalue weighted by atomic mass is 127. The van der Waals surface area contributed by atoms with E-state index in [1.807, 2.05) is 6.07 Å². The van der Waals surface area contributed by atoms with Gasteiger partial charge in [0.1, 0.15) is 0 Å². The maximum Gasteiger partial charge on any atom is 0.0604 e. The first kappa shape index (κ1) is 12.7. The molecule has 0 aliphatic heterocycles. The Hall–Kier alpha value is -0.750. The van der Waals surface area contributed by atoms with E-state index in [1.54, 1.807) is 11.3 Å². The van der Waals surface area contributed by atoms with Gasteiger partial charge in [-0.3, -0.25) is 0 Å². The topological polar surface area (TPSA) is 29.3 Å². The Bertz CT molecular complexity index is 496. The minimum atomic E-state index is 0.345. The Labute approximate surface area is 120 Å². The largest absolute Gasteiger partial charge is 0.397 e. The number of nitrogens with zero attached hydrogens (tertiary/aromatic N) is 1. The van der Waals surface area contributed by atoms with Crippen LogP contribution in [0.5, 0.6) is 0 Å². The van der Waals surface area contributed by atoms with Gasteiger partial charge in [0.2, 0.25) is 0 Å². The standard InChI is InChI=1S/C13H15IN2S/c1-9(13-4-3-7-17-13)16(2)12-6-5-10(14)8-11(12)15/h3-9H,15H2,1-2H3. The van der Waals surface area contributed by atoms with Crippen LogP contribution in [0.25, 0.3) is 0 Å². The summed E-state index contributed by atoms with van der Waals surface area (Å²) in [6, 6.07) is 10.8. The molecular formula is C13H15IN2S. The SMILES string of the molecule is CC(c1cccs1)N(C)c1ccc(I)cc1N. The van der Waals surface area contributed by atoms with Crippen molar-refractivity contribution in [3.63, 3.8) is 0 Å². The van der Waals surface area contributed by atoms with Gasteiger partial charge in [0.15, 0.2) is 0 Å². The minimum absolute atomic E-state index is 0.345. The van der Waals surface area contributed by atoms with Crippen molar-refractivity contribution in [1.29, 1.82) is 0 Å². The quantitative estimate of drug-likeness (QED) is 0.660. The van der Waals surface area contributed by atoms with Gasteiger partial charge < -0.3 is 10.6 Å². The van der Waals surface area contributed by atoms with Gasteiger partial charge in [-0.1, -0.05) is 6.07 Å². The first-order valence-electron chi connectivity index (χ1n) is 5.41. The summed E-state index contributed by atoms with van der Waals surface area (Å²) in [6.07, 6.45) is 0. The number of halogens is 1. The molecule has 2 N–H and O–H groups in total. The summed E-state index contributed by atoms with van der Waals surface area (Å²) >= 11 is 4.06. The number of benzene rings is 1. The van der Waals surface area contributed by atoms with Crippen LogP contribution in [0.15, 0.2) is 35.7 Å². The summed E-state index contributed by atoms with van der Waals surface area (Å²) in [4.78, 5) is 3.57. The van der Waals surface area contributed by atoms with E-state index < -0.39 is 0 Å². The fourth-order valence-corrected chi connectivity index (χ4v) is 3.12. The number of hydrogen-bond acceptors (Lipinski definition) is 3. The molecule has 0 amide bonds.